The zero-order valence-corrected chi connectivity index (χ0v) is 15.6. The highest BCUT2D eigenvalue weighted by Crippen LogP contribution is 2.26. The van der Waals surface area contributed by atoms with Gasteiger partial charge in [0.2, 0.25) is 11.9 Å². The molecule has 0 aliphatic carbocycles. The topological polar surface area (TPSA) is 121 Å². The van der Waals surface area contributed by atoms with Crippen LogP contribution in [0.5, 0.6) is 5.75 Å². The van der Waals surface area contributed by atoms with E-state index in [0.717, 1.165) is 11.8 Å². The molecule has 1 heterocycles. The molecule has 0 aliphatic heterocycles. The fourth-order valence-electron chi connectivity index (χ4n) is 2.25. The van der Waals surface area contributed by atoms with E-state index in [1.807, 2.05) is 6.92 Å². The van der Waals surface area contributed by atoms with Crippen LogP contribution in [0.2, 0.25) is 0 Å². The summed E-state index contributed by atoms with van der Waals surface area (Å²) in [6.07, 6.45) is 0.468. The third-order valence-corrected chi connectivity index (χ3v) is 4.51. The van der Waals surface area contributed by atoms with Crippen LogP contribution < -0.4 is 15.8 Å². The van der Waals surface area contributed by atoms with Crippen molar-refractivity contribution in [3.63, 3.8) is 0 Å². The quantitative estimate of drug-likeness (QED) is 0.525. The Morgan fingerprint density at radius 2 is 1.96 bits per heavy atom. The Bertz CT molecular complexity index is 763. The molecule has 0 aliphatic rings. The Labute approximate surface area is 155 Å². The Morgan fingerprint density at radius 3 is 2.54 bits per heavy atom. The zero-order valence-electron chi connectivity index (χ0n) is 14.8. The maximum Gasteiger partial charge on any atom is 0.316 e. The first-order chi connectivity index (χ1) is 12.5. The molecule has 1 unspecified atom stereocenters. The van der Waals surface area contributed by atoms with Gasteiger partial charge in [0.25, 0.3) is 0 Å². The normalized spacial score (nSPS) is 11.7. The van der Waals surface area contributed by atoms with Crippen molar-refractivity contribution < 1.29 is 19.1 Å². The number of rotatable bonds is 8. The molecule has 140 valence electrons. The molecule has 1 amide bonds. The van der Waals surface area contributed by atoms with Crippen molar-refractivity contribution in [2.75, 3.05) is 31.0 Å². The molecule has 2 rings (SSSR count). The van der Waals surface area contributed by atoms with E-state index in [1.165, 1.54) is 11.7 Å². The lowest BCUT2D eigenvalue weighted by atomic mass is 10.2. The summed E-state index contributed by atoms with van der Waals surface area (Å²) in [6.45, 7) is 1.85. The van der Waals surface area contributed by atoms with Gasteiger partial charge in [-0.1, -0.05) is 18.7 Å². The van der Waals surface area contributed by atoms with Gasteiger partial charge in [-0.25, -0.2) is 0 Å². The van der Waals surface area contributed by atoms with Crippen molar-refractivity contribution >= 4 is 35.3 Å². The molecule has 0 radical (unpaired) electrons. The molecule has 3 N–H and O–H groups in total. The number of carbonyl (C=O) groups excluding carboxylic acids is 2. The number of carbonyl (C=O) groups is 2. The summed E-state index contributed by atoms with van der Waals surface area (Å²) in [6, 6.07) is 6.37. The number of amides is 1. The lowest BCUT2D eigenvalue weighted by molar-refractivity contribution is -0.137. The minimum atomic E-state index is -0.618. The molecule has 10 heteroatoms. The molecule has 9 nitrogen and oxygen atoms in total. The Balaban J connectivity index is 2.17. The molecule has 0 fully saturated rings. The first-order valence-electron chi connectivity index (χ1n) is 7.85. The SMILES string of the molecule is CCC(C(=O)Nc1ccc(OC)cc1)n1c(N)nnc1SCC(=O)OC. The number of aromatic nitrogens is 3. The number of nitrogens with zero attached hydrogens (tertiary/aromatic N) is 3. The molecule has 0 bridgehead atoms. The number of nitrogens with two attached hydrogens (primary N) is 1. The summed E-state index contributed by atoms with van der Waals surface area (Å²) in [5.41, 5.74) is 6.52. The van der Waals surface area contributed by atoms with E-state index in [9.17, 15) is 9.59 Å². The molecule has 1 aromatic heterocycles. The van der Waals surface area contributed by atoms with E-state index >= 15 is 0 Å². The van der Waals surface area contributed by atoms with Gasteiger partial charge in [-0.2, -0.15) is 0 Å². The van der Waals surface area contributed by atoms with Gasteiger partial charge in [-0.05, 0) is 30.7 Å². The number of esters is 1. The molecule has 2 aromatic rings. The highest BCUT2D eigenvalue weighted by Gasteiger charge is 2.25. The predicted molar refractivity (Wildman–Crippen MR) is 98.1 cm³/mol. The lowest BCUT2D eigenvalue weighted by Crippen LogP contribution is -2.27. The summed E-state index contributed by atoms with van der Waals surface area (Å²) >= 11 is 1.11. The fraction of sp³-hybridized carbons (Fsp3) is 0.375. The smallest absolute Gasteiger partial charge is 0.316 e. The summed E-state index contributed by atoms with van der Waals surface area (Å²) in [5, 5.41) is 11.0. The Kier molecular flexibility index (Phi) is 6.84. The van der Waals surface area contributed by atoms with Gasteiger partial charge in [-0.15, -0.1) is 10.2 Å². The average molecular weight is 379 g/mol. The second kappa shape index (κ2) is 9.09. The monoisotopic (exact) mass is 379 g/mol. The van der Waals surface area contributed by atoms with Crippen LogP contribution in [-0.4, -0.2) is 46.6 Å². The minimum Gasteiger partial charge on any atom is -0.497 e. The molecular weight excluding hydrogens is 358 g/mol. The summed E-state index contributed by atoms with van der Waals surface area (Å²) in [4.78, 5) is 24.1. The molecule has 0 spiro atoms. The molecule has 0 saturated carbocycles. The number of ether oxygens (including phenoxy) is 2. The van der Waals surface area contributed by atoms with Crippen LogP contribution >= 0.6 is 11.8 Å². The number of thioether (sulfide) groups is 1. The Morgan fingerprint density at radius 1 is 1.27 bits per heavy atom. The maximum absolute atomic E-state index is 12.7. The van der Waals surface area contributed by atoms with Crippen LogP contribution in [-0.2, 0) is 14.3 Å². The number of hydrogen-bond donors (Lipinski definition) is 2. The van der Waals surface area contributed by atoms with E-state index in [-0.39, 0.29) is 17.6 Å². The molecule has 26 heavy (non-hydrogen) atoms. The van der Waals surface area contributed by atoms with Crippen LogP contribution in [0.15, 0.2) is 29.4 Å². The second-order valence-corrected chi connectivity index (χ2v) is 6.16. The van der Waals surface area contributed by atoms with Gasteiger partial charge in [0.05, 0.1) is 20.0 Å². The zero-order chi connectivity index (χ0) is 19.1. The molecular formula is C16H21N5O4S. The first-order valence-corrected chi connectivity index (χ1v) is 8.83. The number of hydrogen-bond acceptors (Lipinski definition) is 8. The summed E-state index contributed by atoms with van der Waals surface area (Å²) in [7, 11) is 2.88. The van der Waals surface area contributed by atoms with Crippen LogP contribution in [0.1, 0.15) is 19.4 Å². The highest BCUT2D eigenvalue weighted by atomic mass is 32.2. The van der Waals surface area contributed by atoms with Crippen LogP contribution in [0.25, 0.3) is 0 Å². The number of anilines is 2. The fourth-order valence-corrected chi connectivity index (χ4v) is 3.07. The summed E-state index contributed by atoms with van der Waals surface area (Å²) < 4.78 is 11.2. The van der Waals surface area contributed by atoms with Gasteiger partial charge in [0, 0.05) is 5.69 Å². The lowest BCUT2D eigenvalue weighted by Gasteiger charge is -2.19. The number of methoxy groups -OCH3 is 2. The standard InChI is InChI=1S/C16H21N5O4S/c1-4-12(14(23)18-10-5-7-11(24-2)8-6-10)21-15(17)19-20-16(21)26-9-13(22)25-3/h5-8,12H,4,9H2,1-3H3,(H2,17,19)(H,18,23). The molecule has 0 saturated heterocycles. The predicted octanol–water partition coefficient (Wildman–Crippen LogP) is 1.72. The van der Waals surface area contributed by atoms with Crippen LogP contribution in [0.4, 0.5) is 11.6 Å². The number of nitrogen functional groups attached to an aromatic ring is 1. The Hall–Kier alpha value is -2.75. The van der Waals surface area contributed by atoms with E-state index in [2.05, 4.69) is 20.3 Å². The van der Waals surface area contributed by atoms with E-state index in [1.54, 1.807) is 31.4 Å². The van der Waals surface area contributed by atoms with Gasteiger partial charge in [-0.3, -0.25) is 14.2 Å². The van der Waals surface area contributed by atoms with Crippen molar-refractivity contribution in [1.82, 2.24) is 14.8 Å². The first kappa shape index (κ1) is 19.6. The van der Waals surface area contributed by atoms with E-state index < -0.39 is 12.0 Å². The highest BCUT2D eigenvalue weighted by molar-refractivity contribution is 7.99. The second-order valence-electron chi connectivity index (χ2n) is 5.22. The van der Waals surface area contributed by atoms with Gasteiger partial charge < -0.3 is 20.5 Å². The third kappa shape index (κ3) is 4.66. The number of benzene rings is 1. The average Bonchev–Trinajstić information content (AvgIpc) is 3.01. The van der Waals surface area contributed by atoms with Gasteiger partial charge in [0.15, 0.2) is 5.16 Å². The summed E-state index contributed by atoms with van der Waals surface area (Å²) in [5.74, 6) is 0.183. The minimum absolute atomic E-state index is 0.0468. The number of nitrogens with one attached hydrogen (secondary N) is 1. The van der Waals surface area contributed by atoms with Gasteiger partial charge >= 0.3 is 5.97 Å². The van der Waals surface area contributed by atoms with Crippen LogP contribution in [0, 0.1) is 0 Å². The van der Waals surface area contributed by atoms with E-state index in [4.69, 9.17) is 10.5 Å². The molecule has 1 atom stereocenters. The van der Waals surface area contributed by atoms with Crippen molar-refractivity contribution in [3.05, 3.63) is 24.3 Å². The third-order valence-electron chi connectivity index (χ3n) is 3.60. The van der Waals surface area contributed by atoms with Gasteiger partial charge in [0.1, 0.15) is 11.8 Å². The van der Waals surface area contributed by atoms with Crippen molar-refractivity contribution in [1.29, 1.82) is 0 Å². The van der Waals surface area contributed by atoms with Crippen LogP contribution in [0.3, 0.4) is 0 Å². The van der Waals surface area contributed by atoms with Crippen molar-refractivity contribution in [2.24, 2.45) is 0 Å². The van der Waals surface area contributed by atoms with Crippen molar-refractivity contribution in [3.8, 4) is 5.75 Å². The largest absolute Gasteiger partial charge is 0.497 e. The molecule has 1 aromatic carbocycles. The maximum atomic E-state index is 12.7. The van der Waals surface area contributed by atoms with Crippen molar-refractivity contribution in [2.45, 2.75) is 24.5 Å². The van der Waals surface area contributed by atoms with E-state index in [0.29, 0.717) is 23.0 Å².